The molecule has 1 aliphatic rings. The summed E-state index contributed by atoms with van der Waals surface area (Å²) in [7, 11) is -0.743. The number of hydrogen-bond donors (Lipinski definition) is 1. The van der Waals surface area contributed by atoms with Gasteiger partial charge in [0.05, 0.1) is 10.6 Å². The molecule has 0 bridgehead atoms. The minimum atomic E-state index is -0.743. The van der Waals surface area contributed by atoms with Gasteiger partial charge in [-0.1, -0.05) is 18.2 Å². The van der Waals surface area contributed by atoms with Gasteiger partial charge in [0.2, 0.25) is 0 Å². The van der Waals surface area contributed by atoms with E-state index in [4.69, 9.17) is 5.26 Å². The molecule has 0 aromatic heterocycles. The van der Waals surface area contributed by atoms with Crippen molar-refractivity contribution in [1.29, 1.82) is 5.26 Å². The Hall–Kier alpha value is -2.08. The van der Waals surface area contributed by atoms with E-state index < -0.39 is 10.5 Å². The quantitative estimate of drug-likeness (QED) is 0.792. The first kappa shape index (κ1) is 10.4. The van der Waals surface area contributed by atoms with E-state index in [-0.39, 0.29) is 0 Å². The molecular weight excluding hydrogens is 220 g/mol. The zero-order valence-electron chi connectivity index (χ0n) is 8.31. The van der Waals surface area contributed by atoms with Gasteiger partial charge in [-0.25, -0.2) is 4.79 Å². The van der Waals surface area contributed by atoms with Crippen molar-refractivity contribution >= 4 is 21.4 Å². The van der Waals surface area contributed by atoms with E-state index in [1.165, 1.54) is 0 Å². The van der Waals surface area contributed by atoms with Gasteiger partial charge >= 0.3 is 0 Å². The Kier molecular flexibility index (Phi) is 3.02. The topological polar surface area (TPSA) is 52.9 Å². The lowest BCUT2D eigenvalue weighted by Gasteiger charge is -2.07. The van der Waals surface area contributed by atoms with E-state index in [0.717, 1.165) is 5.69 Å². The predicted octanol–water partition coefficient (Wildman–Crippen LogP) is 2.70. The van der Waals surface area contributed by atoms with Crippen molar-refractivity contribution in [3.05, 3.63) is 52.4 Å². The third-order valence-corrected chi connectivity index (χ3v) is 3.43. The zero-order chi connectivity index (χ0) is 11.4. The molecule has 0 spiro atoms. The van der Waals surface area contributed by atoms with Crippen LogP contribution in [0.15, 0.2) is 52.4 Å². The predicted molar refractivity (Wildman–Crippen MR) is 65.1 cm³/mol. The van der Waals surface area contributed by atoms with Crippen LogP contribution < -0.4 is 5.32 Å². The number of rotatable bonds is 2. The number of nitrogens with zero attached hydrogens (tertiary/aromatic N) is 1. The molecule has 1 N–H and O–H groups in total. The second-order valence-corrected chi connectivity index (χ2v) is 4.59. The van der Waals surface area contributed by atoms with Gasteiger partial charge in [0.1, 0.15) is 6.07 Å². The summed E-state index contributed by atoms with van der Waals surface area (Å²) in [5, 5.41) is 16.2. The SMILES string of the molecule is N#CC1=C(Nc2ccccc2)S(=C=O)C=C1. The fourth-order valence-electron chi connectivity index (χ4n) is 1.33. The normalized spacial score (nSPS) is 18.1. The molecular formula is C12H8N2OS. The molecule has 0 fully saturated rings. The highest BCUT2D eigenvalue weighted by atomic mass is 32.2. The van der Waals surface area contributed by atoms with Gasteiger partial charge in [0.25, 0.3) is 0 Å². The van der Waals surface area contributed by atoms with Crippen LogP contribution in [0.3, 0.4) is 0 Å². The lowest BCUT2D eigenvalue weighted by molar-refractivity contribution is 0.572. The molecule has 78 valence electrons. The lowest BCUT2D eigenvalue weighted by Crippen LogP contribution is -1.97. The average molecular weight is 228 g/mol. The third-order valence-electron chi connectivity index (χ3n) is 2.08. The van der Waals surface area contributed by atoms with Crippen LogP contribution >= 0.6 is 10.5 Å². The van der Waals surface area contributed by atoms with Crippen LogP contribution in [0.4, 0.5) is 5.69 Å². The van der Waals surface area contributed by atoms with Crippen LogP contribution in [0.1, 0.15) is 0 Å². The molecule has 1 heterocycles. The zero-order valence-corrected chi connectivity index (χ0v) is 9.12. The summed E-state index contributed by atoms with van der Waals surface area (Å²) in [6, 6.07) is 11.5. The maximum Gasteiger partial charge on any atom is 0.166 e. The minimum Gasteiger partial charge on any atom is -0.349 e. The molecule has 0 saturated heterocycles. The van der Waals surface area contributed by atoms with Crippen molar-refractivity contribution in [1.82, 2.24) is 0 Å². The Labute approximate surface area is 95.6 Å². The number of anilines is 1. The van der Waals surface area contributed by atoms with E-state index in [2.05, 4.69) is 11.4 Å². The fraction of sp³-hybridized carbons (Fsp3) is 0. The fourth-order valence-corrected chi connectivity index (χ4v) is 2.46. The summed E-state index contributed by atoms with van der Waals surface area (Å²) in [4.78, 5) is 10.7. The Morgan fingerprint density at radius 2 is 2.00 bits per heavy atom. The van der Waals surface area contributed by atoms with Crippen molar-refractivity contribution in [2.75, 3.05) is 5.32 Å². The van der Waals surface area contributed by atoms with Crippen molar-refractivity contribution in [3.8, 4) is 6.07 Å². The highest BCUT2D eigenvalue weighted by Crippen LogP contribution is 2.35. The summed E-state index contributed by atoms with van der Waals surface area (Å²) in [6.45, 7) is 0. The maximum absolute atomic E-state index is 10.7. The van der Waals surface area contributed by atoms with Crippen LogP contribution in [0.5, 0.6) is 0 Å². The molecule has 3 nitrogen and oxygen atoms in total. The number of benzene rings is 1. The molecule has 2 rings (SSSR count). The third kappa shape index (κ3) is 1.96. The summed E-state index contributed by atoms with van der Waals surface area (Å²) in [5.74, 6) is 0. The molecule has 1 unspecified atom stereocenters. The first-order valence-corrected chi connectivity index (χ1v) is 5.89. The van der Waals surface area contributed by atoms with Gasteiger partial charge in [-0.2, -0.15) is 5.26 Å². The summed E-state index contributed by atoms with van der Waals surface area (Å²) in [5.41, 5.74) is 1.36. The highest BCUT2D eigenvalue weighted by Gasteiger charge is 2.14. The Balaban J connectivity index is 2.35. The number of carbonyl (C=O) groups excluding carboxylic acids is 1. The number of allylic oxidation sites excluding steroid dienone is 2. The van der Waals surface area contributed by atoms with Gasteiger partial charge in [0.15, 0.2) is 5.23 Å². The van der Waals surface area contributed by atoms with Crippen LogP contribution in [-0.4, -0.2) is 5.23 Å². The Morgan fingerprint density at radius 1 is 1.25 bits per heavy atom. The van der Waals surface area contributed by atoms with E-state index in [0.29, 0.717) is 10.6 Å². The number of nitriles is 1. The summed E-state index contributed by atoms with van der Waals surface area (Å²) >= 11 is 0. The standard InChI is InChI=1S/C12H8N2OS/c13-8-10-6-7-16(9-15)12(10)14-11-4-2-1-3-5-11/h1-7,14H. The van der Waals surface area contributed by atoms with Crippen LogP contribution in [-0.2, 0) is 4.79 Å². The second kappa shape index (κ2) is 4.63. The summed E-state index contributed by atoms with van der Waals surface area (Å²) in [6.07, 6.45) is 1.65. The van der Waals surface area contributed by atoms with Crippen molar-refractivity contribution in [2.24, 2.45) is 0 Å². The maximum atomic E-state index is 10.7. The van der Waals surface area contributed by atoms with Crippen LogP contribution in [0.25, 0.3) is 0 Å². The van der Waals surface area contributed by atoms with E-state index in [1.54, 1.807) is 11.5 Å². The van der Waals surface area contributed by atoms with E-state index in [1.807, 2.05) is 35.6 Å². The molecule has 0 saturated carbocycles. The molecule has 1 aromatic rings. The monoisotopic (exact) mass is 228 g/mol. The van der Waals surface area contributed by atoms with Crippen LogP contribution in [0.2, 0.25) is 0 Å². The van der Waals surface area contributed by atoms with Gasteiger partial charge in [-0.3, -0.25) is 0 Å². The van der Waals surface area contributed by atoms with Gasteiger partial charge < -0.3 is 5.32 Å². The molecule has 4 heteroatoms. The smallest absolute Gasteiger partial charge is 0.166 e. The van der Waals surface area contributed by atoms with Crippen LogP contribution in [0, 0.1) is 11.3 Å². The second-order valence-electron chi connectivity index (χ2n) is 3.07. The molecule has 0 amide bonds. The summed E-state index contributed by atoms with van der Waals surface area (Å²) < 4.78 is 0. The van der Waals surface area contributed by atoms with Crippen molar-refractivity contribution < 1.29 is 4.79 Å². The number of para-hydroxylation sites is 1. The van der Waals surface area contributed by atoms with Gasteiger partial charge in [-0.15, -0.1) is 0 Å². The molecule has 1 atom stereocenters. The van der Waals surface area contributed by atoms with Crippen molar-refractivity contribution in [3.63, 3.8) is 0 Å². The molecule has 16 heavy (non-hydrogen) atoms. The first-order chi connectivity index (χ1) is 7.85. The molecule has 0 radical (unpaired) electrons. The molecule has 0 aliphatic carbocycles. The largest absolute Gasteiger partial charge is 0.349 e. The molecule has 1 aromatic carbocycles. The van der Waals surface area contributed by atoms with Gasteiger partial charge in [0, 0.05) is 5.69 Å². The minimum absolute atomic E-state index is 0.496. The number of hydrogen-bond acceptors (Lipinski definition) is 3. The van der Waals surface area contributed by atoms with E-state index >= 15 is 0 Å². The highest BCUT2D eigenvalue weighted by molar-refractivity contribution is 8.20. The lowest BCUT2D eigenvalue weighted by atomic mass is 10.3. The Bertz CT molecular complexity index is 560. The first-order valence-electron chi connectivity index (χ1n) is 4.60. The van der Waals surface area contributed by atoms with Gasteiger partial charge in [-0.05, 0) is 34.1 Å². The van der Waals surface area contributed by atoms with E-state index in [9.17, 15) is 4.79 Å². The van der Waals surface area contributed by atoms with Crippen molar-refractivity contribution in [2.45, 2.75) is 0 Å². The molecule has 1 aliphatic heterocycles. The Morgan fingerprint density at radius 3 is 2.62 bits per heavy atom. The number of nitrogens with one attached hydrogen (secondary N) is 1. The average Bonchev–Trinajstić information content (AvgIpc) is 2.72.